The van der Waals surface area contributed by atoms with Gasteiger partial charge in [0.05, 0.1) is 5.75 Å². The topological polar surface area (TPSA) is 49.4 Å². The van der Waals surface area contributed by atoms with Gasteiger partial charge in [0.2, 0.25) is 10.0 Å². The number of rotatable bonds is 6. The first-order valence-corrected chi connectivity index (χ1v) is 10.0. The Hall–Kier alpha value is -0.430. The lowest BCUT2D eigenvalue weighted by atomic mass is 9.94. The third-order valence-electron chi connectivity index (χ3n) is 3.76. The van der Waals surface area contributed by atoms with Crippen LogP contribution in [0.15, 0.2) is 11.4 Å². The lowest BCUT2D eigenvalue weighted by Crippen LogP contribution is -2.38. The van der Waals surface area contributed by atoms with E-state index < -0.39 is 10.0 Å². The van der Waals surface area contributed by atoms with Gasteiger partial charge in [0.25, 0.3) is 0 Å². The van der Waals surface area contributed by atoms with E-state index in [4.69, 9.17) is 0 Å². The van der Waals surface area contributed by atoms with E-state index in [1.54, 1.807) is 0 Å². The first kappa shape index (κ1) is 16.9. The van der Waals surface area contributed by atoms with Gasteiger partial charge in [0.1, 0.15) is 0 Å². The first-order chi connectivity index (χ1) is 9.75. The van der Waals surface area contributed by atoms with Crippen LogP contribution in [-0.4, -0.2) is 38.7 Å². The highest BCUT2D eigenvalue weighted by molar-refractivity contribution is 7.89. The van der Waals surface area contributed by atoms with E-state index in [-0.39, 0.29) is 11.2 Å². The van der Waals surface area contributed by atoms with Gasteiger partial charge in [-0.25, -0.2) is 13.1 Å². The molecule has 4 nitrogen and oxygen atoms in total. The van der Waals surface area contributed by atoms with E-state index >= 15 is 0 Å². The SMILES string of the molecule is CC(C)(C)CCS(=O)(=O)NCCN1CCc2sccc2C1. The quantitative estimate of drug-likeness (QED) is 0.872. The van der Waals surface area contributed by atoms with Gasteiger partial charge < -0.3 is 0 Å². The zero-order valence-corrected chi connectivity index (χ0v) is 14.8. The summed E-state index contributed by atoms with van der Waals surface area (Å²) in [5, 5.41) is 2.14. The molecule has 0 atom stereocenters. The highest BCUT2D eigenvalue weighted by Gasteiger charge is 2.19. The van der Waals surface area contributed by atoms with E-state index in [1.165, 1.54) is 10.4 Å². The molecule has 0 saturated heterocycles. The maximum Gasteiger partial charge on any atom is 0.211 e. The average molecular weight is 331 g/mol. The van der Waals surface area contributed by atoms with Crippen LogP contribution in [0.25, 0.3) is 0 Å². The summed E-state index contributed by atoms with van der Waals surface area (Å²) in [6, 6.07) is 2.18. The maximum absolute atomic E-state index is 11.9. The molecule has 0 aromatic carbocycles. The van der Waals surface area contributed by atoms with Crippen LogP contribution < -0.4 is 4.72 Å². The number of nitrogens with one attached hydrogen (secondary N) is 1. The van der Waals surface area contributed by atoms with E-state index in [9.17, 15) is 8.42 Å². The minimum atomic E-state index is -3.14. The van der Waals surface area contributed by atoms with Gasteiger partial charge in [-0.05, 0) is 35.3 Å². The normalized spacial score (nSPS) is 16.9. The van der Waals surface area contributed by atoms with Crippen molar-refractivity contribution in [2.24, 2.45) is 5.41 Å². The van der Waals surface area contributed by atoms with E-state index in [0.29, 0.717) is 13.0 Å². The summed E-state index contributed by atoms with van der Waals surface area (Å²) in [6.07, 6.45) is 1.77. The van der Waals surface area contributed by atoms with Gasteiger partial charge in [-0.1, -0.05) is 20.8 Å². The highest BCUT2D eigenvalue weighted by Crippen LogP contribution is 2.23. The van der Waals surface area contributed by atoms with Crippen LogP contribution in [0.3, 0.4) is 0 Å². The fourth-order valence-corrected chi connectivity index (χ4v) is 4.69. The molecule has 1 aromatic heterocycles. The predicted octanol–water partition coefficient (Wildman–Crippen LogP) is 2.46. The average Bonchev–Trinajstić information content (AvgIpc) is 2.83. The van der Waals surface area contributed by atoms with E-state index in [1.807, 2.05) is 11.3 Å². The third-order valence-corrected chi connectivity index (χ3v) is 6.17. The Morgan fingerprint density at radius 2 is 2.14 bits per heavy atom. The summed E-state index contributed by atoms with van der Waals surface area (Å²) in [5.74, 6) is 0.213. The second kappa shape index (κ2) is 6.77. The molecule has 1 aliphatic heterocycles. The Morgan fingerprint density at radius 1 is 1.38 bits per heavy atom. The second-order valence-corrected chi connectivity index (χ2v) is 9.85. The minimum Gasteiger partial charge on any atom is -0.297 e. The van der Waals surface area contributed by atoms with Crippen LogP contribution in [-0.2, 0) is 23.0 Å². The highest BCUT2D eigenvalue weighted by atomic mass is 32.2. The van der Waals surface area contributed by atoms with Crippen molar-refractivity contribution in [1.29, 1.82) is 0 Å². The van der Waals surface area contributed by atoms with Crippen molar-refractivity contribution in [3.63, 3.8) is 0 Å². The molecule has 0 bridgehead atoms. The molecule has 0 spiro atoms. The Bertz CT molecular complexity index is 558. The largest absolute Gasteiger partial charge is 0.297 e. The number of hydrogen-bond donors (Lipinski definition) is 1. The van der Waals surface area contributed by atoms with Crippen molar-refractivity contribution < 1.29 is 8.42 Å². The molecule has 2 rings (SSSR count). The van der Waals surface area contributed by atoms with Gasteiger partial charge >= 0.3 is 0 Å². The molecule has 1 N–H and O–H groups in total. The first-order valence-electron chi connectivity index (χ1n) is 7.50. The molecule has 0 radical (unpaired) electrons. The molecule has 0 fully saturated rings. The third kappa shape index (κ3) is 5.70. The van der Waals surface area contributed by atoms with Crippen molar-refractivity contribution in [1.82, 2.24) is 9.62 Å². The lowest BCUT2D eigenvalue weighted by molar-refractivity contribution is 0.260. The van der Waals surface area contributed by atoms with Crippen LogP contribution in [0.2, 0.25) is 0 Å². The van der Waals surface area contributed by atoms with Crippen molar-refractivity contribution in [2.45, 2.75) is 40.2 Å². The molecular formula is C15H26N2O2S2. The van der Waals surface area contributed by atoms with Crippen LogP contribution in [0.5, 0.6) is 0 Å². The molecule has 0 saturated carbocycles. The van der Waals surface area contributed by atoms with Gasteiger partial charge in [-0.2, -0.15) is 0 Å². The smallest absolute Gasteiger partial charge is 0.211 e. The van der Waals surface area contributed by atoms with Gasteiger partial charge in [-0.3, -0.25) is 4.90 Å². The van der Waals surface area contributed by atoms with Gasteiger partial charge in [0, 0.05) is 31.1 Å². The van der Waals surface area contributed by atoms with E-state index in [0.717, 1.165) is 26.1 Å². The zero-order valence-electron chi connectivity index (χ0n) is 13.2. The summed E-state index contributed by atoms with van der Waals surface area (Å²) in [5.41, 5.74) is 1.46. The lowest BCUT2D eigenvalue weighted by Gasteiger charge is -2.26. The van der Waals surface area contributed by atoms with Crippen molar-refractivity contribution in [3.8, 4) is 0 Å². The number of thiophene rings is 1. The Balaban J connectivity index is 1.72. The summed E-state index contributed by atoms with van der Waals surface area (Å²) in [7, 11) is -3.14. The van der Waals surface area contributed by atoms with Crippen LogP contribution in [0.4, 0.5) is 0 Å². The Kier molecular flexibility index (Phi) is 5.46. The summed E-state index contributed by atoms with van der Waals surface area (Å²) < 4.78 is 26.6. The van der Waals surface area contributed by atoms with Crippen molar-refractivity contribution >= 4 is 21.4 Å². The summed E-state index contributed by atoms with van der Waals surface area (Å²) >= 11 is 1.83. The van der Waals surface area contributed by atoms with E-state index in [2.05, 4.69) is 41.8 Å². The molecule has 120 valence electrons. The minimum absolute atomic E-state index is 0.0525. The van der Waals surface area contributed by atoms with Gasteiger partial charge in [0.15, 0.2) is 0 Å². The maximum atomic E-state index is 11.9. The Morgan fingerprint density at radius 3 is 2.86 bits per heavy atom. The molecule has 0 amide bonds. The summed E-state index contributed by atoms with van der Waals surface area (Å²) in [4.78, 5) is 3.80. The molecule has 1 aliphatic rings. The molecule has 6 heteroatoms. The van der Waals surface area contributed by atoms with Crippen LogP contribution in [0, 0.1) is 5.41 Å². The summed E-state index contributed by atoms with van der Waals surface area (Å²) in [6.45, 7) is 9.45. The predicted molar refractivity (Wildman–Crippen MR) is 89.2 cm³/mol. The molecule has 21 heavy (non-hydrogen) atoms. The monoisotopic (exact) mass is 330 g/mol. The van der Waals surface area contributed by atoms with Crippen LogP contribution >= 0.6 is 11.3 Å². The Labute approximate surface area is 132 Å². The number of nitrogens with zero attached hydrogens (tertiary/aromatic N) is 1. The number of sulfonamides is 1. The molecule has 0 aliphatic carbocycles. The van der Waals surface area contributed by atoms with Crippen molar-refractivity contribution in [3.05, 3.63) is 21.9 Å². The van der Waals surface area contributed by atoms with Crippen LogP contribution in [0.1, 0.15) is 37.6 Å². The van der Waals surface area contributed by atoms with Gasteiger partial charge in [-0.15, -0.1) is 11.3 Å². The molecule has 2 heterocycles. The second-order valence-electron chi connectivity index (χ2n) is 6.92. The number of fused-ring (bicyclic) bond motifs is 1. The van der Waals surface area contributed by atoms with Crippen molar-refractivity contribution in [2.75, 3.05) is 25.4 Å². The molecule has 0 unspecified atom stereocenters. The molecular weight excluding hydrogens is 304 g/mol. The molecule has 1 aromatic rings. The number of hydrogen-bond acceptors (Lipinski definition) is 4. The standard InChI is InChI=1S/C15H26N2O2S2/c1-15(2,3)6-11-21(18,19)16-7-9-17-8-4-14-13(12-17)5-10-20-14/h5,10,16H,4,6-9,11-12H2,1-3H3. The fourth-order valence-electron chi connectivity index (χ4n) is 2.37. The zero-order chi connectivity index (χ0) is 15.5. The fraction of sp³-hybridized carbons (Fsp3) is 0.733.